The molecule has 0 aromatic rings. The van der Waals surface area contributed by atoms with E-state index in [2.05, 4.69) is 92.0 Å². The Morgan fingerprint density at radius 3 is 1.25 bits per heavy atom. The third kappa shape index (κ3) is 27.6. The Morgan fingerprint density at radius 2 is 0.844 bits per heavy atom. The molecule has 0 radical (unpaired) electrons. The van der Waals surface area contributed by atoms with Gasteiger partial charge in [0.25, 0.3) is 0 Å². The number of hydrogen-bond acceptors (Lipinski definition) is 1. The molecule has 0 aromatic heterocycles. The minimum atomic E-state index is -0.678. The molecule has 1 N–H and O–H groups in total. The summed E-state index contributed by atoms with van der Waals surface area (Å²) >= 11 is 0. The van der Waals surface area contributed by atoms with E-state index in [1.54, 1.807) is 0 Å². The third-order valence-electron chi connectivity index (χ3n) is 4.80. The smallest absolute Gasteiger partial charge is 0.303 e. The van der Waals surface area contributed by atoms with E-state index < -0.39 is 5.97 Å². The summed E-state index contributed by atoms with van der Waals surface area (Å²) in [7, 11) is 0. The van der Waals surface area contributed by atoms with E-state index in [4.69, 9.17) is 5.11 Å². The monoisotopic (exact) mass is 438 g/mol. The molecule has 0 fully saturated rings. The van der Waals surface area contributed by atoms with Crippen LogP contribution in [0.15, 0.2) is 85.1 Å². The number of carbonyl (C=O) groups is 1. The molecule has 0 saturated carbocycles. The van der Waals surface area contributed by atoms with E-state index in [9.17, 15) is 4.79 Å². The molecule has 178 valence electrons. The van der Waals surface area contributed by atoms with Gasteiger partial charge in [0.15, 0.2) is 0 Å². The first kappa shape index (κ1) is 29.7. The second-order valence-electron chi connectivity index (χ2n) is 7.82. The zero-order chi connectivity index (χ0) is 23.4. The second kappa shape index (κ2) is 26.7. The second-order valence-corrected chi connectivity index (χ2v) is 7.82. The minimum absolute atomic E-state index is 0.311. The molecular formula is C30H46O2. The normalized spacial score (nSPS) is 13.0. The van der Waals surface area contributed by atoms with Crippen LogP contribution in [0.25, 0.3) is 0 Å². The Labute approximate surface area is 197 Å². The Morgan fingerprint density at radius 1 is 0.500 bits per heavy atom. The van der Waals surface area contributed by atoms with Crippen LogP contribution < -0.4 is 0 Å². The number of carboxylic acids is 1. The van der Waals surface area contributed by atoms with Crippen molar-refractivity contribution in [3.63, 3.8) is 0 Å². The number of allylic oxidation sites excluding steroid dienone is 14. The summed E-state index contributed by atoms with van der Waals surface area (Å²) < 4.78 is 0. The van der Waals surface area contributed by atoms with Crippen LogP contribution in [-0.4, -0.2) is 11.1 Å². The molecule has 0 saturated heterocycles. The average Bonchev–Trinajstić information content (AvgIpc) is 2.78. The quantitative estimate of drug-likeness (QED) is 0.143. The van der Waals surface area contributed by atoms with Gasteiger partial charge in [-0.1, -0.05) is 111 Å². The Kier molecular flexibility index (Phi) is 24.7. The highest BCUT2D eigenvalue weighted by atomic mass is 16.4. The molecule has 0 aliphatic rings. The number of rotatable bonds is 21. The van der Waals surface area contributed by atoms with Crippen LogP contribution in [-0.2, 0) is 4.79 Å². The summed E-state index contributed by atoms with van der Waals surface area (Å²) in [6.45, 7) is 2.16. The molecule has 0 spiro atoms. The molecule has 0 bridgehead atoms. The van der Waals surface area contributed by atoms with Crippen LogP contribution in [0.4, 0.5) is 0 Å². The van der Waals surface area contributed by atoms with E-state index in [1.165, 1.54) is 12.8 Å². The molecule has 0 amide bonds. The molecule has 0 unspecified atom stereocenters. The summed E-state index contributed by atoms with van der Waals surface area (Å²) in [5.74, 6) is -0.678. The van der Waals surface area contributed by atoms with Crippen molar-refractivity contribution in [3.8, 4) is 0 Å². The van der Waals surface area contributed by atoms with Gasteiger partial charge in [0.2, 0.25) is 0 Å². The topological polar surface area (TPSA) is 37.3 Å². The molecule has 0 heterocycles. The lowest BCUT2D eigenvalue weighted by Gasteiger charge is -1.98. The van der Waals surface area contributed by atoms with Crippen molar-refractivity contribution in [2.45, 2.75) is 96.8 Å². The molecular weight excluding hydrogens is 392 g/mol. The molecule has 0 aliphatic carbocycles. The fourth-order valence-corrected chi connectivity index (χ4v) is 2.98. The number of carboxylic acid groups (broad SMARTS) is 1. The third-order valence-corrected chi connectivity index (χ3v) is 4.80. The molecule has 0 aliphatic heterocycles. The Bertz CT molecular complexity index is 615. The van der Waals surface area contributed by atoms with Gasteiger partial charge in [0.05, 0.1) is 0 Å². The van der Waals surface area contributed by atoms with Gasteiger partial charge in [0, 0.05) is 6.42 Å². The first-order chi connectivity index (χ1) is 15.8. The van der Waals surface area contributed by atoms with Crippen molar-refractivity contribution in [3.05, 3.63) is 85.1 Å². The predicted molar refractivity (Wildman–Crippen MR) is 142 cm³/mol. The van der Waals surface area contributed by atoms with Crippen LogP contribution >= 0.6 is 0 Å². The van der Waals surface area contributed by atoms with Crippen molar-refractivity contribution in [1.29, 1.82) is 0 Å². The summed E-state index contributed by atoms with van der Waals surface area (Å²) in [5.41, 5.74) is 0. The van der Waals surface area contributed by atoms with Crippen molar-refractivity contribution >= 4 is 5.97 Å². The first-order valence-electron chi connectivity index (χ1n) is 12.5. The van der Waals surface area contributed by atoms with Crippen molar-refractivity contribution in [2.24, 2.45) is 0 Å². The van der Waals surface area contributed by atoms with E-state index in [0.29, 0.717) is 6.42 Å². The maximum atomic E-state index is 10.4. The molecule has 2 heteroatoms. The van der Waals surface area contributed by atoms with E-state index in [1.807, 2.05) is 0 Å². The largest absolute Gasteiger partial charge is 0.481 e. The molecule has 0 atom stereocenters. The zero-order valence-corrected chi connectivity index (χ0v) is 20.3. The van der Waals surface area contributed by atoms with Gasteiger partial charge in [-0.15, -0.1) is 0 Å². The fourth-order valence-electron chi connectivity index (χ4n) is 2.98. The molecule has 2 nitrogen and oxygen atoms in total. The maximum Gasteiger partial charge on any atom is 0.303 e. The van der Waals surface area contributed by atoms with Gasteiger partial charge in [-0.3, -0.25) is 4.79 Å². The highest BCUT2D eigenvalue weighted by Gasteiger charge is 1.95. The van der Waals surface area contributed by atoms with Gasteiger partial charge < -0.3 is 5.11 Å². The highest BCUT2D eigenvalue weighted by Crippen LogP contribution is 2.08. The van der Waals surface area contributed by atoms with Crippen LogP contribution in [0.3, 0.4) is 0 Å². The summed E-state index contributed by atoms with van der Waals surface area (Å²) in [6, 6.07) is 0. The van der Waals surface area contributed by atoms with Gasteiger partial charge in [-0.2, -0.15) is 0 Å². The minimum Gasteiger partial charge on any atom is -0.481 e. The van der Waals surface area contributed by atoms with Crippen LogP contribution in [0.2, 0.25) is 0 Å². The molecule has 0 aromatic carbocycles. The standard InChI is InChI=1S/C30H46O2/c1-2-3-4-5-6-7-8-9-10-11-12-13-14-15-16-17-18-19-20-21-22-23-24-25-26-27-28-29-30(31)32/h3-4,6-7,9-10,12-13,15-16,18-19,21-22H,2,5,8,11,14,17,20,23-29H2,1H3,(H,31,32)/b4-3-,7-6-,10-9-,13-12-,16-15-,19-18-,22-21-. The Hall–Kier alpha value is -2.35. The number of hydrogen-bond donors (Lipinski definition) is 1. The lowest BCUT2D eigenvalue weighted by atomic mass is 10.1. The van der Waals surface area contributed by atoms with Crippen molar-refractivity contribution in [1.82, 2.24) is 0 Å². The van der Waals surface area contributed by atoms with Crippen LogP contribution in [0, 0.1) is 0 Å². The number of unbranched alkanes of at least 4 members (excludes halogenated alkanes) is 5. The molecule has 0 rings (SSSR count). The van der Waals surface area contributed by atoms with Gasteiger partial charge in [-0.25, -0.2) is 0 Å². The lowest BCUT2D eigenvalue weighted by Crippen LogP contribution is -1.93. The Balaban J connectivity index is 3.47. The summed E-state index contributed by atoms with van der Waals surface area (Å²) in [4.78, 5) is 10.4. The first-order valence-corrected chi connectivity index (χ1v) is 12.5. The van der Waals surface area contributed by atoms with E-state index in [0.717, 1.165) is 70.6 Å². The zero-order valence-electron chi connectivity index (χ0n) is 20.3. The van der Waals surface area contributed by atoms with Gasteiger partial charge >= 0.3 is 5.97 Å². The van der Waals surface area contributed by atoms with Crippen LogP contribution in [0.1, 0.15) is 96.8 Å². The summed E-state index contributed by atoms with van der Waals surface area (Å²) in [6.07, 6.45) is 45.2. The SMILES string of the molecule is CC/C=C\C/C=C\C/C=C\C/C=C\C/C=C\C/C=C\C/C=C\CCCCCCCC(=O)O. The van der Waals surface area contributed by atoms with Gasteiger partial charge in [-0.05, 0) is 64.2 Å². The maximum absolute atomic E-state index is 10.4. The van der Waals surface area contributed by atoms with Crippen molar-refractivity contribution in [2.75, 3.05) is 0 Å². The average molecular weight is 439 g/mol. The molecule has 32 heavy (non-hydrogen) atoms. The van der Waals surface area contributed by atoms with E-state index >= 15 is 0 Å². The summed E-state index contributed by atoms with van der Waals surface area (Å²) in [5, 5.41) is 8.58. The van der Waals surface area contributed by atoms with E-state index in [-0.39, 0.29) is 0 Å². The lowest BCUT2D eigenvalue weighted by molar-refractivity contribution is -0.137. The van der Waals surface area contributed by atoms with Crippen molar-refractivity contribution < 1.29 is 9.90 Å². The van der Waals surface area contributed by atoms with Gasteiger partial charge in [0.1, 0.15) is 0 Å². The number of aliphatic carboxylic acids is 1. The predicted octanol–water partition coefficient (Wildman–Crippen LogP) is 9.45. The van der Waals surface area contributed by atoms with Crippen LogP contribution in [0.5, 0.6) is 0 Å². The highest BCUT2D eigenvalue weighted by molar-refractivity contribution is 5.66. The fraction of sp³-hybridized carbons (Fsp3) is 0.500.